The lowest BCUT2D eigenvalue weighted by Crippen LogP contribution is -2.13. The van der Waals surface area contributed by atoms with Gasteiger partial charge in [0.1, 0.15) is 11.5 Å². The number of aromatic hydroxyl groups is 1. The highest BCUT2D eigenvalue weighted by molar-refractivity contribution is 6.10. The molecule has 0 aliphatic carbocycles. The predicted molar refractivity (Wildman–Crippen MR) is 108 cm³/mol. The summed E-state index contributed by atoms with van der Waals surface area (Å²) >= 11 is 0. The van der Waals surface area contributed by atoms with E-state index in [1.165, 1.54) is 6.07 Å². The SMILES string of the molecule is C=C(C)C(=O)OCCCCC(C)Oc1ccc(C(=O)c2ccccc2)c(O)c1. The summed E-state index contributed by atoms with van der Waals surface area (Å²) in [5.41, 5.74) is 1.16. The third-order valence-electron chi connectivity index (χ3n) is 4.17. The zero-order valence-electron chi connectivity index (χ0n) is 16.3. The van der Waals surface area contributed by atoms with E-state index in [-0.39, 0.29) is 29.2 Å². The molecule has 0 aromatic heterocycles. The van der Waals surface area contributed by atoms with Gasteiger partial charge in [-0.2, -0.15) is 0 Å². The van der Waals surface area contributed by atoms with E-state index in [0.717, 1.165) is 19.3 Å². The Morgan fingerprint density at radius 2 is 1.82 bits per heavy atom. The summed E-state index contributed by atoms with van der Waals surface area (Å²) in [7, 11) is 0. The van der Waals surface area contributed by atoms with E-state index in [1.807, 2.05) is 13.0 Å². The summed E-state index contributed by atoms with van der Waals surface area (Å²) in [6, 6.07) is 13.5. The molecule has 0 bridgehead atoms. The van der Waals surface area contributed by atoms with Crippen LogP contribution in [0.4, 0.5) is 0 Å². The number of esters is 1. The summed E-state index contributed by atoms with van der Waals surface area (Å²) in [4.78, 5) is 23.7. The zero-order valence-corrected chi connectivity index (χ0v) is 16.3. The molecule has 5 nitrogen and oxygen atoms in total. The number of unbranched alkanes of at least 4 members (excludes halogenated alkanes) is 1. The molecule has 0 saturated carbocycles. The Balaban J connectivity index is 1.82. The molecule has 0 heterocycles. The number of phenols is 1. The Morgan fingerprint density at radius 3 is 2.46 bits per heavy atom. The molecule has 0 fully saturated rings. The van der Waals surface area contributed by atoms with Crippen LogP contribution in [-0.4, -0.2) is 29.6 Å². The van der Waals surface area contributed by atoms with Crippen LogP contribution < -0.4 is 4.74 Å². The second-order valence-electron chi connectivity index (χ2n) is 6.71. The molecule has 0 aliphatic rings. The van der Waals surface area contributed by atoms with Crippen LogP contribution in [0.1, 0.15) is 49.0 Å². The monoisotopic (exact) mass is 382 g/mol. The highest BCUT2D eigenvalue weighted by Gasteiger charge is 2.15. The number of carbonyl (C=O) groups excluding carboxylic acids is 2. The van der Waals surface area contributed by atoms with Gasteiger partial charge in [-0.05, 0) is 45.2 Å². The lowest BCUT2D eigenvalue weighted by molar-refractivity contribution is -0.139. The van der Waals surface area contributed by atoms with E-state index in [2.05, 4.69) is 6.58 Å². The van der Waals surface area contributed by atoms with Crippen LogP contribution >= 0.6 is 0 Å². The maximum Gasteiger partial charge on any atom is 0.333 e. The summed E-state index contributed by atoms with van der Waals surface area (Å²) in [5, 5.41) is 10.2. The Bertz CT molecular complexity index is 826. The fourth-order valence-electron chi connectivity index (χ4n) is 2.63. The molecule has 0 saturated heterocycles. The van der Waals surface area contributed by atoms with Gasteiger partial charge in [0.2, 0.25) is 0 Å². The van der Waals surface area contributed by atoms with Gasteiger partial charge >= 0.3 is 5.97 Å². The number of hydrogen-bond donors (Lipinski definition) is 1. The average Bonchev–Trinajstić information content (AvgIpc) is 2.67. The van der Waals surface area contributed by atoms with Crippen LogP contribution in [-0.2, 0) is 9.53 Å². The van der Waals surface area contributed by atoms with Crippen LogP contribution in [0.2, 0.25) is 0 Å². The molecular formula is C23H26O5. The molecule has 1 unspecified atom stereocenters. The maximum absolute atomic E-state index is 12.5. The summed E-state index contributed by atoms with van der Waals surface area (Å²) < 4.78 is 10.9. The minimum absolute atomic E-state index is 0.0769. The number of ketones is 1. The molecule has 148 valence electrons. The first-order valence-electron chi connectivity index (χ1n) is 9.30. The molecule has 28 heavy (non-hydrogen) atoms. The van der Waals surface area contributed by atoms with E-state index in [1.54, 1.807) is 43.3 Å². The molecule has 1 N–H and O–H groups in total. The van der Waals surface area contributed by atoms with Crippen molar-refractivity contribution < 1.29 is 24.2 Å². The topological polar surface area (TPSA) is 72.8 Å². The van der Waals surface area contributed by atoms with Crippen molar-refractivity contribution >= 4 is 11.8 Å². The van der Waals surface area contributed by atoms with Gasteiger partial charge in [0, 0.05) is 17.2 Å². The molecule has 2 aromatic carbocycles. The van der Waals surface area contributed by atoms with E-state index in [0.29, 0.717) is 23.5 Å². The Hall–Kier alpha value is -3.08. The van der Waals surface area contributed by atoms with Gasteiger partial charge in [-0.15, -0.1) is 0 Å². The first-order valence-corrected chi connectivity index (χ1v) is 9.30. The molecule has 0 spiro atoms. The standard InChI is InChI=1S/C23H26O5/c1-16(2)23(26)27-14-8-7-9-17(3)28-19-12-13-20(21(24)15-19)22(25)18-10-5-4-6-11-18/h4-6,10-13,15,17,24H,1,7-9,14H2,2-3H3. The van der Waals surface area contributed by atoms with Crippen molar-refractivity contribution in [3.05, 3.63) is 71.8 Å². The summed E-state index contributed by atoms with van der Waals surface area (Å²) in [6.07, 6.45) is 2.27. The number of carbonyl (C=O) groups is 2. The number of phenolic OH excluding ortho intramolecular Hbond substituents is 1. The van der Waals surface area contributed by atoms with Gasteiger partial charge < -0.3 is 14.6 Å². The molecule has 0 aliphatic heterocycles. The van der Waals surface area contributed by atoms with Crippen molar-refractivity contribution in [3.63, 3.8) is 0 Å². The zero-order chi connectivity index (χ0) is 20.5. The van der Waals surface area contributed by atoms with Crippen molar-refractivity contribution in [2.24, 2.45) is 0 Å². The van der Waals surface area contributed by atoms with E-state index >= 15 is 0 Å². The van der Waals surface area contributed by atoms with Gasteiger partial charge in [-0.1, -0.05) is 36.9 Å². The fourth-order valence-corrected chi connectivity index (χ4v) is 2.63. The average molecular weight is 382 g/mol. The molecule has 5 heteroatoms. The van der Waals surface area contributed by atoms with Crippen molar-refractivity contribution in [1.29, 1.82) is 0 Å². The molecule has 0 amide bonds. The molecule has 1 atom stereocenters. The first kappa shape index (κ1) is 21.2. The largest absolute Gasteiger partial charge is 0.507 e. The fraction of sp³-hybridized carbons (Fsp3) is 0.304. The van der Waals surface area contributed by atoms with Crippen LogP contribution in [0.15, 0.2) is 60.7 Å². The van der Waals surface area contributed by atoms with Gasteiger partial charge in [0.05, 0.1) is 18.3 Å². The Labute approximate surface area is 165 Å². The number of hydrogen-bond acceptors (Lipinski definition) is 5. The predicted octanol–water partition coefficient (Wildman–Crippen LogP) is 4.68. The highest BCUT2D eigenvalue weighted by Crippen LogP contribution is 2.27. The molecular weight excluding hydrogens is 356 g/mol. The number of rotatable bonds is 10. The van der Waals surface area contributed by atoms with Crippen molar-refractivity contribution in [2.75, 3.05) is 6.61 Å². The van der Waals surface area contributed by atoms with Gasteiger partial charge in [-0.25, -0.2) is 4.79 Å². The van der Waals surface area contributed by atoms with E-state index in [9.17, 15) is 14.7 Å². The van der Waals surface area contributed by atoms with Crippen LogP contribution in [0.5, 0.6) is 11.5 Å². The number of ether oxygens (including phenoxy) is 2. The van der Waals surface area contributed by atoms with Crippen LogP contribution in [0.3, 0.4) is 0 Å². The minimum atomic E-state index is -0.370. The quantitative estimate of drug-likeness (QED) is 0.280. The van der Waals surface area contributed by atoms with Crippen molar-refractivity contribution in [3.8, 4) is 11.5 Å². The van der Waals surface area contributed by atoms with Crippen molar-refractivity contribution in [2.45, 2.75) is 39.2 Å². The van der Waals surface area contributed by atoms with Gasteiger partial charge in [0.15, 0.2) is 5.78 Å². The van der Waals surface area contributed by atoms with Crippen LogP contribution in [0.25, 0.3) is 0 Å². The Morgan fingerprint density at radius 1 is 1.11 bits per heavy atom. The lowest BCUT2D eigenvalue weighted by Gasteiger charge is -2.15. The lowest BCUT2D eigenvalue weighted by atomic mass is 10.0. The third kappa shape index (κ3) is 6.27. The third-order valence-corrected chi connectivity index (χ3v) is 4.17. The number of benzene rings is 2. The second-order valence-corrected chi connectivity index (χ2v) is 6.71. The Kier molecular flexibility index (Phi) is 7.81. The smallest absolute Gasteiger partial charge is 0.333 e. The molecule has 2 rings (SSSR count). The van der Waals surface area contributed by atoms with Crippen LogP contribution in [0, 0.1) is 0 Å². The van der Waals surface area contributed by atoms with Crippen molar-refractivity contribution in [1.82, 2.24) is 0 Å². The van der Waals surface area contributed by atoms with E-state index < -0.39 is 0 Å². The maximum atomic E-state index is 12.5. The minimum Gasteiger partial charge on any atom is -0.507 e. The van der Waals surface area contributed by atoms with Gasteiger partial charge in [0.25, 0.3) is 0 Å². The van der Waals surface area contributed by atoms with E-state index in [4.69, 9.17) is 9.47 Å². The summed E-state index contributed by atoms with van der Waals surface area (Å²) in [6.45, 7) is 7.44. The summed E-state index contributed by atoms with van der Waals surface area (Å²) in [5.74, 6) is -0.208. The normalized spacial score (nSPS) is 11.5. The second kappa shape index (κ2) is 10.3. The first-order chi connectivity index (χ1) is 13.4. The highest BCUT2D eigenvalue weighted by atomic mass is 16.5. The van der Waals surface area contributed by atoms with Gasteiger partial charge in [-0.3, -0.25) is 4.79 Å². The molecule has 2 aromatic rings. The molecule has 0 radical (unpaired) electrons.